The minimum absolute atomic E-state index is 0.0188. The Hall–Kier alpha value is -3.32. The van der Waals surface area contributed by atoms with E-state index in [1.54, 1.807) is 43.6 Å². The van der Waals surface area contributed by atoms with E-state index in [4.69, 9.17) is 14.1 Å². The van der Waals surface area contributed by atoms with Crippen LogP contribution in [0.15, 0.2) is 71.9 Å². The Morgan fingerprint density at radius 2 is 1.84 bits per heavy atom. The fourth-order valence-corrected chi connectivity index (χ4v) is 7.75. The third-order valence-electron chi connectivity index (χ3n) is 8.96. The summed E-state index contributed by atoms with van der Waals surface area (Å²) in [6, 6.07) is 16.4. The van der Waals surface area contributed by atoms with Gasteiger partial charge in [0.1, 0.15) is 0 Å². The highest BCUT2D eigenvalue weighted by Crippen LogP contribution is 2.51. The topological polar surface area (TPSA) is 115 Å². The van der Waals surface area contributed by atoms with E-state index in [0.29, 0.717) is 46.3 Å². The summed E-state index contributed by atoms with van der Waals surface area (Å²) in [6.45, 7) is 0.322. The summed E-state index contributed by atoms with van der Waals surface area (Å²) < 4.78 is 17.8. The van der Waals surface area contributed by atoms with E-state index < -0.39 is 25.1 Å². The van der Waals surface area contributed by atoms with Gasteiger partial charge in [0.05, 0.1) is 29.1 Å². The van der Waals surface area contributed by atoms with Crippen molar-refractivity contribution in [1.82, 2.24) is 4.98 Å². The van der Waals surface area contributed by atoms with E-state index in [9.17, 15) is 19.7 Å². The average Bonchev–Trinajstić information content (AvgIpc) is 3.03. The van der Waals surface area contributed by atoms with Gasteiger partial charge in [0, 0.05) is 36.3 Å². The van der Waals surface area contributed by atoms with E-state index in [2.05, 4.69) is 27.6 Å². The van der Waals surface area contributed by atoms with Gasteiger partial charge in [0.25, 0.3) is 0 Å². The van der Waals surface area contributed by atoms with Gasteiger partial charge in [-0.05, 0) is 107 Å². The molecule has 4 atom stereocenters. The number of ether oxygens (including phenoxy) is 2. The molecule has 1 aromatic heterocycles. The van der Waals surface area contributed by atoms with Crippen LogP contribution in [-0.4, -0.2) is 60.7 Å². The van der Waals surface area contributed by atoms with Crippen LogP contribution < -0.4 is 4.74 Å². The normalized spacial score (nSPS) is 23.3. The molecule has 0 bridgehead atoms. The fourth-order valence-electron chi connectivity index (χ4n) is 7.12. The molecular weight excluding hydrogens is 672 g/mol. The molecule has 226 valence electrons. The minimum Gasteiger partial charge on any atom is -0.504 e. The standard InChI is InChI=1S/C34H33BINO7/c1-42-18-21-16-24-31(33(39)23-8-4-3-7-22(23)32(24)38)25-17-35(41)44-28(30(21)25)11-10-20(27-9-5-6-12-37-27)13-19-14-26(36)34(40)29(15-19)43-2/h3-9,12-15,24-25,28,31,40-41H,10-11,16-18H2,1-2H3/b20-13-/t24-,25+,28-,31-/m1/s1. The molecule has 44 heavy (non-hydrogen) atoms. The molecule has 3 aromatic rings. The number of Topliss-reactive ketones (excluding diaryl/α,β-unsaturated/α-hetero) is 2. The number of ketones is 2. The molecule has 10 heteroatoms. The third-order valence-corrected chi connectivity index (χ3v) is 9.78. The van der Waals surface area contributed by atoms with Gasteiger partial charge in [-0.2, -0.15) is 0 Å². The number of carbonyl (C=O) groups excluding carboxylic acids is 2. The molecular formula is C34H33BINO7. The van der Waals surface area contributed by atoms with Crippen LogP contribution in [0.2, 0.25) is 6.32 Å². The minimum atomic E-state index is -1.07. The number of fused-ring (bicyclic) bond motifs is 4. The molecule has 2 aliphatic carbocycles. The Balaban J connectivity index is 1.36. The summed E-state index contributed by atoms with van der Waals surface area (Å²) in [7, 11) is 2.08. The number of rotatable bonds is 8. The number of nitrogens with zero attached hydrogens (tertiary/aromatic N) is 1. The second-order valence-corrected chi connectivity index (χ2v) is 12.7. The van der Waals surface area contributed by atoms with E-state index >= 15 is 0 Å². The zero-order chi connectivity index (χ0) is 31.0. The van der Waals surface area contributed by atoms with Crippen LogP contribution in [0.5, 0.6) is 11.5 Å². The summed E-state index contributed by atoms with van der Waals surface area (Å²) >= 11 is 2.08. The first-order chi connectivity index (χ1) is 21.3. The van der Waals surface area contributed by atoms with E-state index in [1.165, 1.54) is 7.11 Å². The molecule has 8 nitrogen and oxygen atoms in total. The van der Waals surface area contributed by atoms with Crippen molar-refractivity contribution in [2.45, 2.75) is 31.7 Å². The van der Waals surface area contributed by atoms with Crippen LogP contribution in [0.4, 0.5) is 0 Å². The van der Waals surface area contributed by atoms with E-state index in [0.717, 1.165) is 28.0 Å². The number of phenols is 1. The zero-order valence-electron chi connectivity index (χ0n) is 24.5. The van der Waals surface area contributed by atoms with Crippen molar-refractivity contribution in [3.63, 3.8) is 0 Å². The quantitative estimate of drug-likeness (QED) is 0.170. The zero-order valence-corrected chi connectivity index (χ0v) is 26.7. The number of methoxy groups -OCH3 is 2. The predicted octanol–water partition coefficient (Wildman–Crippen LogP) is 5.88. The van der Waals surface area contributed by atoms with Gasteiger partial charge in [-0.15, -0.1) is 0 Å². The van der Waals surface area contributed by atoms with Crippen LogP contribution in [0.25, 0.3) is 11.6 Å². The van der Waals surface area contributed by atoms with Gasteiger partial charge in [0.2, 0.25) is 0 Å². The highest BCUT2D eigenvalue weighted by Gasteiger charge is 2.53. The SMILES string of the molecule is COCC1=C2[C@@H](CC/C(=C/c3cc(I)c(O)c(OC)c3)c3ccccn3)OB(O)C[C@@H]2[C@@H]2C(=O)c3ccccc3C(=O)[C@@H]2C1. The van der Waals surface area contributed by atoms with Crippen LogP contribution in [0, 0.1) is 21.3 Å². The van der Waals surface area contributed by atoms with Gasteiger partial charge < -0.3 is 24.3 Å². The largest absolute Gasteiger partial charge is 0.504 e. The van der Waals surface area contributed by atoms with Gasteiger partial charge in [0.15, 0.2) is 23.1 Å². The van der Waals surface area contributed by atoms with Crippen LogP contribution >= 0.6 is 22.6 Å². The maximum Gasteiger partial charge on any atom is 0.455 e. The first kappa shape index (κ1) is 30.7. The number of phenolic OH excluding ortho intramolecular Hbond substituents is 1. The predicted molar refractivity (Wildman–Crippen MR) is 175 cm³/mol. The molecule has 2 heterocycles. The summed E-state index contributed by atoms with van der Waals surface area (Å²) in [6.07, 6.45) is 5.02. The molecule has 0 radical (unpaired) electrons. The Morgan fingerprint density at radius 1 is 1.09 bits per heavy atom. The first-order valence-electron chi connectivity index (χ1n) is 14.7. The molecule has 6 rings (SSSR count). The maximum atomic E-state index is 13.9. The van der Waals surface area contributed by atoms with Crippen molar-refractivity contribution in [3.8, 4) is 11.5 Å². The summed E-state index contributed by atoms with van der Waals surface area (Å²) in [5.41, 5.74) is 5.46. The first-order valence-corrected chi connectivity index (χ1v) is 15.8. The van der Waals surface area contributed by atoms with Gasteiger partial charge in [-0.1, -0.05) is 30.3 Å². The fraction of sp³-hybridized carbons (Fsp3) is 0.324. The number of aromatic hydroxyl groups is 1. The van der Waals surface area contributed by atoms with Crippen LogP contribution in [-0.2, 0) is 9.39 Å². The average molecular weight is 705 g/mol. The summed E-state index contributed by atoms with van der Waals surface area (Å²) in [5, 5.41) is 21.3. The van der Waals surface area contributed by atoms with E-state index in [-0.39, 0.29) is 29.6 Å². The van der Waals surface area contributed by atoms with Crippen molar-refractivity contribution in [2.24, 2.45) is 17.8 Å². The Kier molecular flexibility index (Phi) is 9.05. The number of allylic oxidation sites excluding steroid dienone is 1. The lowest BCUT2D eigenvalue weighted by molar-refractivity contribution is 0.0585. The number of benzene rings is 2. The number of pyridine rings is 1. The van der Waals surface area contributed by atoms with Crippen molar-refractivity contribution < 1.29 is 33.8 Å². The molecule has 0 amide bonds. The van der Waals surface area contributed by atoms with Crippen molar-refractivity contribution in [3.05, 3.63) is 97.9 Å². The molecule has 1 saturated heterocycles. The van der Waals surface area contributed by atoms with Crippen LogP contribution in [0.3, 0.4) is 0 Å². The number of hydrogen-bond donors (Lipinski definition) is 2. The van der Waals surface area contributed by atoms with Gasteiger partial charge in [-0.25, -0.2) is 0 Å². The smallest absolute Gasteiger partial charge is 0.455 e. The monoisotopic (exact) mass is 705 g/mol. The van der Waals surface area contributed by atoms with Crippen molar-refractivity contribution in [1.29, 1.82) is 0 Å². The van der Waals surface area contributed by atoms with Crippen molar-refractivity contribution in [2.75, 3.05) is 20.8 Å². The highest BCUT2D eigenvalue weighted by molar-refractivity contribution is 14.1. The second-order valence-electron chi connectivity index (χ2n) is 11.5. The Bertz CT molecular complexity index is 1660. The molecule has 3 aliphatic rings. The van der Waals surface area contributed by atoms with Gasteiger partial charge in [-0.3, -0.25) is 14.6 Å². The highest BCUT2D eigenvalue weighted by atomic mass is 127. The lowest BCUT2D eigenvalue weighted by Gasteiger charge is -2.47. The molecule has 1 fully saturated rings. The number of aromatic nitrogens is 1. The van der Waals surface area contributed by atoms with Crippen molar-refractivity contribution >= 4 is 52.9 Å². The number of carbonyl (C=O) groups is 2. The Morgan fingerprint density at radius 3 is 2.55 bits per heavy atom. The molecule has 2 aromatic carbocycles. The van der Waals surface area contributed by atoms with E-state index in [1.807, 2.05) is 30.3 Å². The maximum absolute atomic E-state index is 13.9. The molecule has 2 N–H and O–H groups in total. The number of hydrogen-bond acceptors (Lipinski definition) is 8. The van der Waals surface area contributed by atoms with Crippen LogP contribution in [0.1, 0.15) is 51.2 Å². The molecule has 1 aliphatic heterocycles. The van der Waals surface area contributed by atoms with Gasteiger partial charge >= 0.3 is 7.12 Å². The summed E-state index contributed by atoms with van der Waals surface area (Å²) in [5.74, 6) is -0.958. The summed E-state index contributed by atoms with van der Waals surface area (Å²) in [4.78, 5) is 32.2. The Labute approximate surface area is 270 Å². The third kappa shape index (κ3) is 5.76. The second kappa shape index (κ2) is 13.0. The molecule has 0 spiro atoms. The lowest BCUT2D eigenvalue weighted by Crippen LogP contribution is -2.51. The lowest BCUT2D eigenvalue weighted by atomic mass is 9.54. The number of halogens is 1. The molecule has 0 saturated carbocycles. The molecule has 0 unspecified atom stereocenters.